The van der Waals surface area contributed by atoms with Gasteiger partial charge in [-0.2, -0.15) is 5.26 Å². The Balaban J connectivity index is 3.25. The van der Waals surface area contributed by atoms with Crippen LogP contribution in [0.2, 0.25) is 0 Å². The lowest BCUT2D eigenvalue weighted by Crippen LogP contribution is -1.81. The van der Waals surface area contributed by atoms with Crippen molar-refractivity contribution in [3.05, 3.63) is 30.9 Å². The van der Waals surface area contributed by atoms with Gasteiger partial charge in [-0.1, -0.05) is 0 Å². The standard InChI is InChI=1S/C7H3I2N/c8-6-1-2-7(9)5(3-6)4-10/h1-3H. The maximum Gasteiger partial charge on any atom is 0.100 e. The van der Waals surface area contributed by atoms with E-state index in [-0.39, 0.29) is 0 Å². The molecule has 50 valence electrons. The van der Waals surface area contributed by atoms with Gasteiger partial charge in [-0.15, -0.1) is 0 Å². The monoisotopic (exact) mass is 355 g/mol. The van der Waals surface area contributed by atoms with Crippen LogP contribution in [-0.2, 0) is 0 Å². The number of hydrogen-bond donors (Lipinski definition) is 0. The van der Waals surface area contributed by atoms with Gasteiger partial charge in [0.1, 0.15) is 6.07 Å². The molecule has 0 bridgehead atoms. The molecule has 0 amide bonds. The van der Waals surface area contributed by atoms with E-state index in [9.17, 15) is 0 Å². The highest BCUT2D eigenvalue weighted by Gasteiger charge is 1.96. The third kappa shape index (κ3) is 1.83. The Labute approximate surface area is 86.7 Å². The molecule has 1 rings (SSSR count). The lowest BCUT2D eigenvalue weighted by atomic mass is 10.2. The predicted molar refractivity (Wildman–Crippen MR) is 56.6 cm³/mol. The molecular formula is C7H3I2N. The first-order chi connectivity index (χ1) is 4.74. The van der Waals surface area contributed by atoms with Crippen LogP contribution >= 0.6 is 45.2 Å². The molecule has 0 aromatic heterocycles. The molecule has 1 nitrogen and oxygen atoms in total. The lowest BCUT2D eigenvalue weighted by molar-refractivity contribution is 1.45. The van der Waals surface area contributed by atoms with E-state index in [0.29, 0.717) is 0 Å². The van der Waals surface area contributed by atoms with Gasteiger partial charge in [0, 0.05) is 7.14 Å². The van der Waals surface area contributed by atoms with Crippen LogP contribution < -0.4 is 0 Å². The molecule has 10 heavy (non-hydrogen) atoms. The summed E-state index contributed by atoms with van der Waals surface area (Å²) in [4.78, 5) is 0. The van der Waals surface area contributed by atoms with Crippen LogP contribution in [0.4, 0.5) is 0 Å². The summed E-state index contributed by atoms with van der Waals surface area (Å²) in [7, 11) is 0. The molecule has 3 heteroatoms. The largest absolute Gasteiger partial charge is 0.192 e. The molecule has 0 aliphatic carbocycles. The van der Waals surface area contributed by atoms with Crippen molar-refractivity contribution in [2.75, 3.05) is 0 Å². The van der Waals surface area contributed by atoms with Crippen LogP contribution in [0.25, 0.3) is 0 Å². The number of hydrogen-bond acceptors (Lipinski definition) is 1. The van der Waals surface area contributed by atoms with Crippen molar-refractivity contribution in [1.29, 1.82) is 5.26 Å². The van der Waals surface area contributed by atoms with Crippen LogP contribution in [0.15, 0.2) is 18.2 Å². The van der Waals surface area contributed by atoms with E-state index < -0.39 is 0 Å². The van der Waals surface area contributed by atoms with Gasteiger partial charge >= 0.3 is 0 Å². The number of nitriles is 1. The van der Waals surface area contributed by atoms with E-state index in [1.54, 1.807) is 0 Å². The van der Waals surface area contributed by atoms with E-state index in [1.165, 1.54) is 0 Å². The highest BCUT2D eigenvalue weighted by atomic mass is 127. The summed E-state index contributed by atoms with van der Waals surface area (Å²) >= 11 is 4.34. The van der Waals surface area contributed by atoms with Crippen LogP contribution in [-0.4, -0.2) is 0 Å². The molecule has 0 radical (unpaired) electrons. The number of halogens is 2. The number of benzene rings is 1. The first-order valence-electron chi connectivity index (χ1n) is 2.59. The first kappa shape index (κ1) is 8.27. The SMILES string of the molecule is N#Cc1cc(I)ccc1I. The highest BCUT2D eigenvalue weighted by Crippen LogP contribution is 2.14. The maximum absolute atomic E-state index is 8.58. The van der Waals surface area contributed by atoms with Crippen molar-refractivity contribution in [1.82, 2.24) is 0 Å². The van der Waals surface area contributed by atoms with Gasteiger partial charge in [-0.05, 0) is 63.4 Å². The molecule has 1 aromatic carbocycles. The Morgan fingerprint density at radius 2 is 2.00 bits per heavy atom. The van der Waals surface area contributed by atoms with Crippen LogP contribution in [0, 0.1) is 18.5 Å². The molecule has 0 unspecified atom stereocenters. The zero-order valence-electron chi connectivity index (χ0n) is 4.94. The van der Waals surface area contributed by atoms with E-state index in [1.807, 2.05) is 18.2 Å². The molecule has 0 fully saturated rings. The second-order valence-corrected chi connectivity index (χ2v) is 4.14. The van der Waals surface area contributed by atoms with Crippen LogP contribution in [0.5, 0.6) is 0 Å². The second kappa shape index (κ2) is 3.53. The summed E-state index contributed by atoms with van der Waals surface area (Å²) in [5.41, 5.74) is 0.757. The van der Waals surface area contributed by atoms with Crippen LogP contribution in [0.1, 0.15) is 5.56 Å². The van der Waals surface area contributed by atoms with Crippen LogP contribution in [0.3, 0.4) is 0 Å². The molecule has 0 saturated heterocycles. The van der Waals surface area contributed by atoms with Gasteiger partial charge in [0.2, 0.25) is 0 Å². The van der Waals surface area contributed by atoms with Gasteiger partial charge in [0.15, 0.2) is 0 Å². The Morgan fingerprint density at radius 1 is 1.30 bits per heavy atom. The predicted octanol–water partition coefficient (Wildman–Crippen LogP) is 2.77. The number of rotatable bonds is 0. The summed E-state index contributed by atoms with van der Waals surface area (Å²) in [6, 6.07) is 7.94. The smallest absolute Gasteiger partial charge is 0.100 e. The van der Waals surface area contributed by atoms with Crippen molar-refractivity contribution >= 4 is 45.2 Å². The fourth-order valence-electron chi connectivity index (χ4n) is 0.583. The van der Waals surface area contributed by atoms with Gasteiger partial charge in [-0.3, -0.25) is 0 Å². The van der Waals surface area contributed by atoms with Crippen molar-refractivity contribution in [2.45, 2.75) is 0 Å². The third-order valence-electron chi connectivity index (χ3n) is 1.05. The Bertz CT molecular complexity index is 288. The molecule has 0 aliphatic heterocycles. The lowest BCUT2D eigenvalue weighted by Gasteiger charge is -1.93. The molecular weight excluding hydrogens is 352 g/mol. The topological polar surface area (TPSA) is 23.8 Å². The normalized spacial score (nSPS) is 8.90. The molecule has 0 heterocycles. The maximum atomic E-state index is 8.58. The quantitative estimate of drug-likeness (QED) is 0.657. The van der Waals surface area contributed by atoms with Crippen molar-refractivity contribution in [3.8, 4) is 6.07 Å². The van der Waals surface area contributed by atoms with Gasteiger partial charge in [0.25, 0.3) is 0 Å². The Hall–Kier alpha value is 0.170. The summed E-state index contributed by atoms with van der Waals surface area (Å²) in [6.07, 6.45) is 0. The summed E-state index contributed by atoms with van der Waals surface area (Å²) < 4.78 is 2.12. The van der Waals surface area contributed by atoms with E-state index in [2.05, 4.69) is 51.3 Å². The first-order valence-corrected chi connectivity index (χ1v) is 4.75. The van der Waals surface area contributed by atoms with Crippen molar-refractivity contribution in [3.63, 3.8) is 0 Å². The Morgan fingerprint density at radius 3 is 2.50 bits per heavy atom. The van der Waals surface area contributed by atoms with Crippen molar-refractivity contribution < 1.29 is 0 Å². The van der Waals surface area contributed by atoms with E-state index >= 15 is 0 Å². The highest BCUT2D eigenvalue weighted by molar-refractivity contribution is 14.1. The van der Waals surface area contributed by atoms with E-state index in [4.69, 9.17) is 5.26 Å². The molecule has 0 N–H and O–H groups in total. The number of nitrogens with zero attached hydrogens (tertiary/aromatic N) is 1. The molecule has 1 aromatic rings. The van der Waals surface area contributed by atoms with Crippen molar-refractivity contribution in [2.24, 2.45) is 0 Å². The summed E-state index contributed by atoms with van der Waals surface area (Å²) in [5, 5.41) is 8.58. The minimum absolute atomic E-state index is 0.757. The fraction of sp³-hybridized carbons (Fsp3) is 0. The van der Waals surface area contributed by atoms with Gasteiger partial charge < -0.3 is 0 Å². The van der Waals surface area contributed by atoms with Gasteiger partial charge in [-0.25, -0.2) is 0 Å². The summed E-state index contributed by atoms with van der Waals surface area (Å²) in [6.45, 7) is 0. The summed E-state index contributed by atoms with van der Waals surface area (Å²) in [5.74, 6) is 0. The molecule has 0 atom stereocenters. The second-order valence-electron chi connectivity index (χ2n) is 1.74. The minimum atomic E-state index is 0.757. The Kier molecular flexibility index (Phi) is 2.92. The third-order valence-corrected chi connectivity index (χ3v) is 2.66. The zero-order chi connectivity index (χ0) is 7.56. The molecule has 0 aliphatic rings. The minimum Gasteiger partial charge on any atom is -0.192 e. The fourth-order valence-corrected chi connectivity index (χ4v) is 1.53. The molecule has 0 spiro atoms. The average molecular weight is 355 g/mol. The molecule has 0 saturated carbocycles. The van der Waals surface area contributed by atoms with Gasteiger partial charge in [0.05, 0.1) is 5.56 Å². The zero-order valence-corrected chi connectivity index (χ0v) is 9.25. The van der Waals surface area contributed by atoms with E-state index in [0.717, 1.165) is 12.7 Å². The average Bonchev–Trinajstić information content (AvgIpc) is 1.94.